The van der Waals surface area contributed by atoms with Gasteiger partial charge in [-0.25, -0.2) is 4.98 Å². The molecule has 0 fully saturated rings. The molecule has 1 N–H and O–H groups in total. The molecular weight excluding hydrogens is 334 g/mol. The van der Waals surface area contributed by atoms with Gasteiger partial charge < -0.3 is 14.6 Å². The van der Waals surface area contributed by atoms with Crippen molar-refractivity contribution < 1.29 is 9.53 Å². The first-order valence-electron chi connectivity index (χ1n) is 8.09. The van der Waals surface area contributed by atoms with Crippen molar-refractivity contribution in [1.82, 2.24) is 14.9 Å². The maximum absolute atomic E-state index is 12.5. The van der Waals surface area contributed by atoms with Gasteiger partial charge in [0.2, 0.25) is 5.91 Å². The second kappa shape index (κ2) is 7.98. The minimum atomic E-state index is -0.355. The van der Waals surface area contributed by atoms with E-state index in [1.54, 1.807) is 24.6 Å². The van der Waals surface area contributed by atoms with Crippen LogP contribution in [0, 0.1) is 0 Å². The van der Waals surface area contributed by atoms with Crippen molar-refractivity contribution in [1.29, 1.82) is 0 Å². The van der Waals surface area contributed by atoms with Crippen molar-refractivity contribution in [3.8, 4) is 5.75 Å². The number of methoxy groups -OCH3 is 1. The molecule has 3 rings (SSSR count). The third kappa shape index (κ3) is 4.09. The lowest BCUT2D eigenvalue weighted by Crippen LogP contribution is -2.31. The Labute approximate surface area is 151 Å². The van der Waals surface area contributed by atoms with Gasteiger partial charge in [-0.2, -0.15) is 11.3 Å². The summed E-state index contributed by atoms with van der Waals surface area (Å²) in [5.74, 6) is 1.49. The van der Waals surface area contributed by atoms with Crippen molar-refractivity contribution >= 4 is 17.2 Å². The van der Waals surface area contributed by atoms with E-state index in [1.165, 1.54) is 5.56 Å². The van der Waals surface area contributed by atoms with E-state index < -0.39 is 0 Å². The van der Waals surface area contributed by atoms with Crippen molar-refractivity contribution in [2.45, 2.75) is 18.9 Å². The Balaban J connectivity index is 1.82. The van der Waals surface area contributed by atoms with Crippen LogP contribution in [0.15, 0.2) is 53.5 Å². The summed E-state index contributed by atoms with van der Waals surface area (Å²) < 4.78 is 7.39. The number of hydrogen-bond acceptors (Lipinski definition) is 4. The topological polar surface area (TPSA) is 56.1 Å². The predicted octanol–water partition coefficient (Wildman–Crippen LogP) is 3.33. The van der Waals surface area contributed by atoms with E-state index in [2.05, 4.69) is 21.7 Å². The second-order valence-corrected chi connectivity index (χ2v) is 6.55. The third-order valence-electron chi connectivity index (χ3n) is 4.09. The van der Waals surface area contributed by atoms with Crippen LogP contribution in [-0.2, 0) is 18.3 Å². The first-order valence-corrected chi connectivity index (χ1v) is 9.04. The molecule has 0 saturated heterocycles. The van der Waals surface area contributed by atoms with Crippen LogP contribution in [0.1, 0.15) is 29.4 Å². The number of hydrogen-bond donors (Lipinski definition) is 1. The number of thiophene rings is 1. The average Bonchev–Trinajstić information content (AvgIpc) is 3.29. The summed E-state index contributed by atoms with van der Waals surface area (Å²) in [6, 6.07) is 9.39. The van der Waals surface area contributed by atoms with Crippen LogP contribution in [-0.4, -0.2) is 22.6 Å². The van der Waals surface area contributed by atoms with E-state index >= 15 is 0 Å². The van der Waals surface area contributed by atoms with Crippen LogP contribution >= 0.6 is 11.3 Å². The number of para-hydroxylation sites is 1. The number of amides is 1. The van der Waals surface area contributed by atoms with E-state index in [4.69, 9.17) is 4.74 Å². The Bertz CT molecular complexity index is 827. The highest BCUT2D eigenvalue weighted by Crippen LogP contribution is 2.29. The second-order valence-electron chi connectivity index (χ2n) is 5.77. The molecule has 2 heterocycles. The molecule has 0 aliphatic carbocycles. The number of aryl methyl sites for hydroxylation is 2. The number of nitrogens with zero attached hydrogens (tertiary/aromatic N) is 2. The summed E-state index contributed by atoms with van der Waals surface area (Å²) in [5.41, 5.74) is 2.08. The maximum atomic E-state index is 12.5. The van der Waals surface area contributed by atoms with Crippen LogP contribution in [0.2, 0.25) is 0 Å². The van der Waals surface area contributed by atoms with Gasteiger partial charge in [-0.3, -0.25) is 4.79 Å². The molecule has 0 aliphatic rings. The summed E-state index contributed by atoms with van der Waals surface area (Å²) >= 11 is 1.65. The minimum absolute atomic E-state index is 0.00916. The summed E-state index contributed by atoms with van der Waals surface area (Å²) in [5, 5.41) is 7.21. The maximum Gasteiger partial charge on any atom is 0.221 e. The molecule has 0 aliphatic heterocycles. The molecule has 1 aromatic carbocycles. The van der Waals surface area contributed by atoms with Gasteiger partial charge in [0.15, 0.2) is 0 Å². The van der Waals surface area contributed by atoms with Crippen molar-refractivity contribution in [2.75, 3.05) is 7.11 Å². The molecule has 5 nitrogen and oxygen atoms in total. The van der Waals surface area contributed by atoms with Gasteiger partial charge >= 0.3 is 0 Å². The number of benzene rings is 1. The fourth-order valence-corrected chi connectivity index (χ4v) is 3.47. The molecule has 0 radical (unpaired) electrons. The lowest BCUT2D eigenvalue weighted by molar-refractivity contribution is -0.121. The highest BCUT2D eigenvalue weighted by molar-refractivity contribution is 7.07. The number of nitrogens with one attached hydrogen (secondary N) is 1. The monoisotopic (exact) mass is 355 g/mol. The largest absolute Gasteiger partial charge is 0.496 e. The Morgan fingerprint density at radius 1 is 1.36 bits per heavy atom. The summed E-state index contributed by atoms with van der Waals surface area (Å²) in [7, 11) is 3.55. The fraction of sp³-hybridized carbons (Fsp3) is 0.263. The normalized spacial score (nSPS) is 11.9. The van der Waals surface area contributed by atoms with Crippen molar-refractivity contribution in [3.05, 3.63) is 70.4 Å². The van der Waals surface area contributed by atoms with E-state index in [9.17, 15) is 4.79 Å². The molecule has 0 unspecified atom stereocenters. The highest BCUT2D eigenvalue weighted by Gasteiger charge is 2.23. The first-order chi connectivity index (χ1) is 12.2. The molecule has 1 atom stereocenters. The molecule has 1 amide bonds. The molecule has 25 heavy (non-hydrogen) atoms. The molecule has 2 aromatic heterocycles. The van der Waals surface area contributed by atoms with E-state index in [1.807, 2.05) is 47.5 Å². The third-order valence-corrected chi connectivity index (χ3v) is 4.82. The quantitative estimate of drug-likeness (QED) is 0.707. The van der Waals surface area contributed by atoms with Gasteiger partial charge in [-0.15, -0.1) is 0 Å². The average molecular weight is 355 g/mol. The van der Waals surface area contributed by atoms with Gasteiger partial charge in [-0.05, 0) is 34.9 Å². The van der Waals surface area contributed by atoms with E-state index in [0.29, 0.717) is 6.42 Å². The molecule has 130 valence electrons. The molecule has 6 heteroatoms. The molecular formula is C19H21N3O2S. The zero-order valence-corrected chi connectivity index (χ0v) is 15.1. The van der Waals surface area contributed by atoms with Crippen molar-refractivity contribution in [2.24, 2.45) is 7.05 Å². The number of aromatic nitrogens is 2. The number of ether oxygens (including phenoxy) is 1. The summed E-state index contributed by atoms with van der Waals surface area (Å²) in [6.45, 7) is 0. The van der Waals surface area contributed by atoms with Crippen molar-refractivity contribution in [3.63, 3.8) is 0 Å². The SMILES string of the molecule is COc1ccccc1[C@H](NC(=O)CCc1ccsc1)c1nccn1C. The smallest absolute Gasteiger partial charge is 0.221 e. The van der Waals surface area contributed by atoms with Gasteiger partial charge in [0.1, 0.15) is 17.6 Å². The van der Waals surface area contributed by atoms with Gasteiger partial charge in [-0.1, -0.05) is 18.2 Å². The Hall–Kier alpha value is -2.60. The highest BCUT2D eigenvalue weighted by atomic mass is 32.1. The molecule has 0 saturated carbocycles. The summed E-state index contributed by atoms with van der Waals surface area (Å²) in [6.07, 6.45) is 4.77. The molecule has 3 aromatic rings. The van der Waals surface area contributed by atoms with Gasteiger partial charge in [0.25, 0.3) is 0 Å². The van der Waals surface area contributed by atoms with Gasteiger partial charge in [0, 0.05) is 31.4 Å². The van der Waals surface area contributed by atoms with E-state index in [0.717, 1.165) is 23.6 Å². The number of rotatable bonds is 7. The Kier molecular flexibility index (Phi) is 5.50. The number of carbonyl (C=O) groups is 1. The van der Waals surface area contributed by atoms with Crippen LogP contribution in [0.3, 0.4) is 0 Å². The zero-order valence-electron chi connectivity index (χ0n) is 14.3. The lowest BCUT2D eigenvalue weighted by Gasteiger charge is -2.21. The van der Waals surface area contributed by atoms with Crippen LogP contribution in [0.25, 0.3) is 0 Å². The number of imidazole rings is 1. The Morgan fingerprint density at radius 3 is 2.88 bits per heavy atom. The van der Waals surface area contributed by atoms with E-state index in [-0.39, 0.29) is 11.9 Å². The Morgan fingerprint density at radius 2 is 2.20 bits per heavy atom. The minimum Gasteiger partial charge on any atom is -0.496 e. The fourth-order valence-electron chi connectivity index (χ4n) is 2.77. The number of carbonyl (C=O) groups excluding carboxylic acids is 1. The van der Waals surface area contributed by atoms with Crippen LogP contribution < -0.4 is 10.1 Å². The predicted molar refractivity (Wildman–Crippen MR) is 98.8 cm³/mol. The van der Waals surface area contributed by atoms with Gasteiger partial charge in [0.05, 0.1) is 7.11 Å². The van der Waals surface area contributed by atoms with Crippen LogP contribution in [0.5, 0.6) is 5.75 Å². The standard InChI is InChI=1S/C19H21N3O2S/c1-22-11-10-20-19(22)18(15-5-3-4-6-16(15)24-2)21-17(23)8-7-14-9-12-25-13-14/h3-6,9-13,18H,7-8H2,1-2H3,(H,21,23)/t18-/m0/s1. The molecule has 0 bridgehead atoms. The summed E-state index contributed by atoms with van der Waals surface area (Å²) in [4.78, 5) is 17.0. The lowest BCUT2D eigenvalue weighted by atomic mass is 10.0. The zero-order chi connectivity index (χ0) is 17.6. The van der Waals surface area contributed by atoms with Crippen LogP contribution in [0.4, 0.5) is 0 Å². The molecule has 0 spiro atoms. The first kappa shape index (κ1) is 17.2.